The summed E-state index contributed by atoms with van der Waals surface area (Å²) in [5, 5.41) is 11.0. The van der Waals surface area contributed by atoms with Crippen LogP contribution in [0, 0.1) is 11.3 Å². The van der Waals surface area contributed by atoms with Crippen LogP contribution in [0.1, 0.15) is 16.3 Å². The van der Waals surface area contributed by atoms with Gasteiger partial charge in [-0.05, 0) is 23.6 Å². The van der Waals surface area contributed by atoms with E-state index in [4.69, 9.17) is 10.00 Å². The summed E-state index contributed by atoms with van der Waals surface area (Å²) in [7, 11) is 1.32. The first kappa shape index (κ1) is 17.2. The summed E-state index contributed by atoms with van der Waals surface area (Å²) in [6, 6.07) is 9.40. The van der Waals surface area contributed by atoms with Crippen molar-refractivity contribution >= 4 is 39.2 Å². The number of esters is 1. The number of anilines is 2. The molecule has 136 valence electrons. The van der Waals surface area contributed by atoms with Crippen LogP contribution in [0.3, 0.4) is 0 Å². The second-order valence-corrected chi connectivity index (χ2v) is 6.88. The Morgan fingerprint density at radius 2 is 1.93 bits per heavy atom. The minimum Gasteiger partial charge on any atom is -0.463 e. The zero-order chi connectivity index (χ0) is 18.8. The van der Waals surface area contributed by atoms with E-state index >= 15 is 0 Å². The molecule has 8 nitrogen and oxygen atoms in total. The fourth-order valence-corrected chi connectivity index (χ4v) is 3.90. The lowest BCUT2D eigenvalue weighted by molar-refractivity contribution is 0.0587. The summed E-state index contributed by atoms with van der Waals surface area (Å²) in [6.45, 7) is 2.94. The van der Waals surface area contributed by atoms with Crippen LogP contribution in [0.15, 0.2) is 29.6 Å². The molecule has 27 heavy (non-hydrogen) atoms. The van der Waals surface area contributed by atoms with Crippen molar-refractivity contribution in [1.29, 1.82) is 5.26 Å². The maximum Gasteiger partial charge on any atom is 0.376 e. The van der Waals surface area contributed by atoms with E-state index in [2.05, 4.69) is 30.8 Å². The second kappa shape index (κ2) is 7.17. The molecule has 0 aliphatic carbocycles. The first-order valence-electron chi connectivity index (χ1n) is 8.40. The van der Waals surface area contributed by atoms with Crippen molar-refractivity contribution in [2.75, 3.05) is 43.1 Å². The Morgan fingerprint density at radius 1 is 1.15 bits per heavy atom. The molecule has 0 N–H and O–H groups in total. The van der Waals surface area contributed by atoms with Gasteiger partial charge in [0.15, 0.2) is 5.82 Å². The first-order chi connectivity index (χ1) is 13.2. The molecule has 0 spiro atoms. The lowest BCUT2D eigenvalue weighted by atomic mass is 10.2. The zero-order valence-electron chi connectivity index (χ0n) is 14.6. The number of piperazine rings is 1. The van der Waals surface area contributed by atoms with E-state index in [0.717, 1.165) is 48.0 Å². The van der Waals surface area contributed by atoms with Gasteiger partial charge < -0.3 is 14.5 Å². The van der Waals surface area contributed by atoms with Crippen LogP contribution < -0.4 is 9.80 Å². The third kappa shape index (κ3) is 3.27. The molecule has 0 aromatic carbocycles. The van der Waals surface area contributed by atoms with E-state index in [1.165, 1.54) is 7.11 Å². The van der Waals surface area contributed by atoms with Gasteiger partial charge >= 0.3 is 5.97 Å². The Balaban J connectivity index is 1.58. The normalized spacial score (nSPS) is 14.2. The van der Waals surface area contributed by atoms with Gasteiger partial charge in [-0.15, -0.1) is 11.3 Å². The maximum absolute atomic E-state index is 11.9. The van der Waals surface area contributed by atoms with E-state index in [0.29, 0.717) is 5.69 Å². The van der Waals surface area contributed by atoms with Gasteiger partial charge in [0.2, 0.25) is 5.82 Å². The molecule has 4 heterocycles. The van der Waals surface area contributed by atoms with E-state index in [1.54, 1.807) is 17.4 Å². The molecule has 4 rings (SSSR count). The van der Waals surface area contributed by atoms with Gasteiger partial charge in [-0.1, -0.05) is 6.07 Å². The molecule has 1 aliphatic rings. The fraction of sp³-hybridized carbons (Fsp3) is 0.278. The third-order valence-electron chi connectivity index (χ3n) is 4.41. The molecular weight excluding hydrogens is 364 g/mol. The molecule has 3 aromatic heterocycles. The number of nitriles is 1. The number of nitrogens with zero attached hydrogens (tertiary/aromatic N) is 6. The molecule has 0 saturated carbocycles. The van der Waals surface area contributed by atoms with E-state index < -0.39 is 5.97 Å². The number of ether oxygens (including phenoxy) is 1. The van der Waals surface area contributed by atoms with Gasteiger partial charge in [-0.25, -0.2) is 19.7 Å². The van der Waals surface area contributed by atoms with Crippen molar-refractivity contribution in [2.45, 2.75) is 0 Å². The minimum absolute atomic E-state index is 0.0733. The lowest BCUT2D eigenvalue weighted by Crippen LogP contribution is -2.47. The van der Waals surface area contributed by atoms with Crippen molar-refractivity contribution in [3.8, 4) is 6.07 Å². The highest BCUT2D eigenvalue weighted by Crippen LogP contribution is 2.30. The molecule has 0 unspecified atom stereocenters. The van der Waals surface area contributed by atoms with Gasteiger partial charge in [0.05, 0.1) is 17.3 Å². The van der Waals surface area contributed by atoms with Crippen LogP contribution in [-0.4, -0.2) is 54.2 Å². The minimum atomic E-state index is -0.541. The molecule has 0 bridgehead atoms. The van der Waals surface area contributed by atoms with Gasteiger partial charge in [0.25, 0.3) is 0 Å². The van der Waals surface area contributed by atoms with Crippen LogP contribution in [0.2, 0.25) is 0 Å². The van der Waals surface area contributed by atoms with Crippen molar-refractivity contribution in [3.05, 3.63) is 41.2 Å². The summed E-state index contributed by atoms with van der Waals surface area (Å²) >= 11 is 1.56. The van der Waals surface area contributed by atoms with Crippen molar-refractivity contribution < 1.29 is 9.53 Å². The number of methoxy groups -OCH3 is 1. The fourth-order valence-electron chi connectivity index (χ4n) is 3.05. The molecule has 9 heteroatoms. The quantitative estimate of drug-likeness (QED) is 0.637. The standard InChI is InChI=1S/C18H16N6O2S/c1-26-18(25)16-21-13-5-10-27-15(13)17(22-16)24-8-6-23(7-9-24)14-4-2-3-12(11-19)20-14/h2-5,10H,6-9H2,1H3. The Morgan fingerprint density at radius 3 is 2.67 bits per heavy atom. The Hall–Kier alpha value is -3.25. The number of thiophene rings is 1. The second-order valence-electron chi connectivity index (χ2n) is 5.96. The van der Waals surface area contributed by atoms with Gasteiger partial charge in [-0.2, -0.15) is 5.26 Å². The molecule has 1 fully saturated rings. The average Bonchev–Trinajstić information content (AvgIpc) is 3.21. The monoisotopic (exact) mass is 380 g/mol. The number of pyridine rings is 1. The average molecular weight is 380 g/mol. The maximum atomic E-state index is 11.9. The van der Waals surface area contributed by atoms with Crippen LogP contribution in [-0.2, 0) is 4.74 Å². The van der Waals surface area contributed by atoms with Crippen LogP contribution >= 0.6 is 11.3 Å². The van der Waals surface area contributed by atoms with Crippen molar-refractivity contribution in [1.82, 2.24) is 15.0 Å². The number of hydrogen-bond acceptors (Lipinski definition) is 9. The largest absolute Gasteiger partial charge is 0.463 e. The SMILES string of the molecule is COC(=O)c1nc(N2CCN(c3cccc(C#N)n3)CC2)c2sccc2n1. The van der Waals surface area contributed by atoms with Crippen LogP contribution in [0.25, 0.3) is 10.2 Å². The molecule has 0 radical (unpaired) electrons. The summed E-state index contributed by atoms with van der Waals surface area (Å²) in [5.41, 5.74) is 1.16. The number of aromatic nitrogens is 3. The number of fused-ring (bicyclic) bond motifs is 1. The van der Waals surface area contributed by atoms with Crippen molar-refractivity contribution in [3.63, 3.8) is 0 Å². The topological polar surface area (TPSA) is 95.2 Å². The zero-order valence-corrected chi connectivity index (χ0v) is 15.4. The number of rotatable bonds is 3. The predicted octanol–water partition coefficient (Wildman–Crippen LogP) is 2.07. The van der Waals surface area contributed by atoms with E-state index in [9.17, 15) is 4.79 Å². The van der Waals surface area contributed by atoms with Gasteiger partial charge in [-0.3, -0.25) is 0 Å². The number of hydrogen-bond donors (Lipinski definition) is 0. The molecular formula is C18H16N6O2S. The van der Waals surface area contributed by atoms with E-state index in [1.807, 2.05) is 23.6 Å². The first-order valence-corrected chi connectivity index (χ1v) is 9.28. The van der Waals surface area contributed by atoms with Crippen LogP contribution in [0.4, 0.5) is 11.6 Å². The predicted molar refractivity (Wildman–Crippen MR) is 102 cm³/mol. The number of carbonyl (C=O) groups is 1. The summed E-state index contributed by atoms with van der Waals surface area (Å²) in [6.07, 6.45) is 0. The summed E-state index contributed by atoms with van der Waals surface area (Å²) in [5.74, 6) is 1.09. The third-order valence-corrected chi connectivity index (χ3v) is 5.31. The molecule has 1 saturated heterocycles. The van der Waals surface area contributed by atoms with Crippen molar-refractivity contribution in [2.24, 2.45) is 0 Å². The highest BCUT2D eigenvalue weighted by molar-refractivity contribution is 7.17. The Labute approximate surface area is 159 Å². The molecule has 0 amide bonds. The molecule has 3 aromatic rings. The van der Waals surface area contributed by atoms with E-state index in [-0.39, 0.29) is 5.82 Å². The Bertz CT molecular complexity index is 1040. The van der Waals surface area contributed by atoms with Crippen LogP contribution in [0.5, 0.6) is 0 Å². The van der Waals surface area contributed by atoms with Gasteiger partial charge in [0.1, 0.15) is 17.6 Å². The van der Waals surface area contributed by atoms with Gasteiger partial charge in [0, 0.05) is 26.2 Å². The molecule has 0 atom stereocenters. The lowest BCUT2D eigenvalue weighted by Gasteiger charge is -2.36. The highest BCUT2D eigenvalue weighted by atomic mass is 32.1. The Kier molecular flexibility index (Phi) is 4.56. The smallest absolute Gasteiger partial charge is 0.376 e. The number of carbonyl (C=O) groups excluding carboxylic acids is 1. The summed E-state index contributed by atoms with van der Waals surface area (Å²) < 4.78 is 5.74. The summed E-state index contributed by atoms with van der Waals surface area (Å²) in [4.78, 5) is 29.3. The molecule has 1 aliphatic heterocycles. The highest BCUT2D eigenvalue weighted by Gasteiger charge is 2.24.